The predicted molar refractivity (Wildman–Crippen MR) is 70.3 cm³/mol. The minimum absolute atomic E-state index is 0.0815. The third kappa shape index (κ3) is 1.75. The Bertz CT molecular complexity index is 589. The van der Waals surface area contributed by atoms with Gasteiger partial charge in [-0.15, -0.1) is 0 Å². The first-order chi connectivity index (χ1) is 8.66. The second-order valence-corrected chi connectivity index (χ2v) is 4.84. The van der Waals surface area contributed by atoms with Crippen LogP contribution in [0.25, 0.3) is 0 Å². The highest BCUT2D eigenvalue weighted by atomic mass is 35.5. The first-order valence-corrected chi connectivity index (χ1v) is 6.27. The van der Waals surface area contributed by atoms with Crippen molar-refractivity contribution in [1.82, 2.24) is 9.97 Å². The zero-order chi connectivity index (χ0) is 12.7. The normalized spacial score (nSPS) is 17.4. The van der Waals surface area contributed by atoms with E-state index in [0.717, 1.165) is 28.4 Å². The number of fused-ring (bicyclic) bond motifs is 1. The van der Waals surface area contributed by atoms with Crippen LogP contribution in [0.2, 0.25) is 5.15 Å². The molecule has 0 spiro atoms. The lowest BCUT2D eigenvalue weighted by Gasteiger charge is -2.10. The molecule has 0 radical (unpaired) electrons. The van der Waals surface area contributed by atoms with E-state index in [1.54, 1.807) is 0 Å². The van der Waals surface area contributed by atoms with Crippen LogP contribution in [0, 0.1) is 13.8 Å². The molecule has 1 unspecified atom stereocenters. The average Bonchev–Trinajstić information content (AvgIpc) is 2.79. The largest absolute Gasteiger partial charge is 0.492 e. The maximum atomic E-state index is 6.13. The van der Waals surface area contributed by atoms with Gasteiger partial charge in [0.1, 0.15) is 23.3 Å². The van der Waals surface area contributed by atoms with E-state index >= 15 is 0 Å². The Labute approximate surface area is 111 Å². The van der Waals surface area contributed by atoms with Crippen molar-refractivity contribution < 1.29 is 4.74 Å². The predicted octanol–water partition coefficient (Wildman–Crippen LogP) is 3.27. The van der Waals surface area contributed by atoms with Crippen LogP contribution >= 0.6 is 11.6 Å². The lowest BCUT2D eigenvalue weighted by atomic mass is 10.0. The van der Waals surface area contributed by atoms with Crippen molar-refractivity contribution >= 4 is 11.6 Å². The van der Waals surface area contributed by atoms with E-state index in [1.165, 1.54) is 0 Å². The summed E-state index contributed by atoms with van der Waals surface area (Å²) in [5, 5.41) is 0.530. The van der Waals surface area contributed by atoms with Crippen molar-refractivity contribution in [2.45, 2.75) is 19.8 Å². The quantitative estimate of drug-likeness (QED) is 0.738. The zero-order valence-electron chi connectivity index (χ0n) is 10.3. The minimum atomic E-state index is 0.0815. The third-order valence-electron chi connectivity index (χ3n) is 3.36. The van der Waals surface area contributed by atoms with Crippen molar-refractivity contribution in [2.24, 2.45) is 0 Å². The minimum Gasteiger partial charge on any atom is -0.492 e. The lowest BCUT2D eigenvalue weighted by molar-refractivity contribution is 0.339. The van der Waals surface area contributed by atoms with Gasteiger partial charge in [-0.1, -0.05) is 29.8 Å². The molecule has 1 aliphatic rings. The number of halogens is 1. The van der Waals surface area contributed by atoms with Crippen LogP contribution in [0.15, 0.2) is 24.3 Å². The fourth-order valence-electron chi connectivity index (χ4n) is 2.15. The number of nitrogens with zero attached hydrogens (tertiary/aromatic N) is 2. The Morgan fingerprint density at radius 3 is 2.78 bits per heavy atom. The number of benzene rings is 1. The molecule has 1 aliphatic heterocycles. The molecule has 92 valence electrons. The summed E-state index contributed by atoms with van der Waals surface area (Å²) in [7, 11) is 0. The van der Waals surface area contributed by atoms with Crippen LogP contribution in [0.5, 0.6) is 5.75 Å². The molecule has 0 N–H and O–H groups in total. The molecule has 1 aromatic heterocycles. The molecule has 0 amide bonds. The number of hydrogen-bond acceptors (Lipinski definition) is 3. The van der Waals surface area contributed by atoms with E-state index in [0.29, 0.717) is 11.8 Å². The van der Waals surface area contributed by atoms with E-state index in [1.807, 2.05) is 32.0 Å². The lowest BCUT2D eigenvalue weighted by Crippen LogP contribution is -2.09. The molecule has 4 heteroatoms. The van der Waals surface area contributed by atoms with Gasteiger partial charge < -0.3 is 4.74 Å². The van der Waals surface area contributed by atoms with Crippen molar-refractivity contribution in [3.05, 3.63) is 52.1 Å². The summed E-state index contributed by atoms with van der Waals surface area (Å²) >= 11 is 6.13. The Morgan fingerprint density at radius 2 is 2.00 bits per heavy atom. The van der Waals surface area contributed by atoms with Gasteiger partial charge in [0.2, 0.25) is 0 Å². The van der Waals surface area contributed by atoms with E-state index in [9.17, 15) is 0 Å². The zero-order valence-corrected chi connectivity index (χ0v) is 11.0. The molecule has 2 heterocycles. The van der Waals surface area contributed by atoms with Gasteiger partial charge >= 0.3 is 0 Å². The molecule has 0 fully saturated rings. The SMILES string of the molecule is Cc1nc(C2COc3ccccc32)nc(Cl)c1C. The molecule has 2 aromatic rings. The maximum Gasteiger partial charge on any atom is 0.141 e. The number of ether oxygens (including phenoxy) is 1. The Hall–Kier alpha value is -1.61. The fraction of sp³-hybridized carbons (Fsp3) is 0.286. The Balaban J connectivity index is 2.08. The monoisotopic (exact) mass is 260 g/mol. The van der Waals surface area contributed by atoms with Crippen LogP contribution in [0.4, 0.5) is 0 Å². The van der Waals surface area contributed by atoms with Gasteiger partial charge in [0.25, 0.3) is 0 Å². The highest BCUT2D eigenvalue weighted by Crippen LogP contribution is 2.37. The van der Waals surface area contributed by atoms with E-state index in [2.05, 4.69) is 16.0 Å². The van der Waals surface area contributed by atoms with Crippen molar-refractivity contribution in [3.63, 3.8) is 0 Å². The highest BCUT2D eigenvalue weighted by molar-refractivity contribution is 6.30. The van der Waals surface area contributed by atoms with E-state index in [4.69, 9.17) is 16.3 Å². The third-order valence-corrected chi connectivity index (χ3v) is 3.73. The standard InChI is InChI=1S/C14H13ClN2O/c1-8-9(2)16-14(17-13(8)15)11-7-18-12-6-4-3-5-10(11)12/h3-6,11H,7H2,1-2H3. The van der Waals surface area contributed by atoms with Crippen LogP contribution in [0.3, 0.4) is 0 Å². The summed E-state index contributed by atoms with van der Waals surface area (Å²) < 4.78 is 5.65. The van der Waals surface area contributed by atoms with Crippen molar-refractivity contribution in [2.75, 3.05) is 6.61 Å². The molecular weight excluding hydrogens is 248 g/mol. The molecule has 0 aliphatic carbocycles. The first-order valence-electron chi connectivity index (χ1n) is 5.89. The van der Waals surface area contributed by atoms with Crippen LogP contribution < -0.4 is 4.74 Å². The van der Waals surface area contributed by atoms with Crippen molar-refractivity contribution in [3.8, 4) is 5.75 Å². The summed E-state index contributed by atoms with van der Waals surface area (Å²) in [5.74, 6) is 1.74. The second-order valence-electron chi connectivity index (χ2n) is 4.48. The fourth-order valence-corrected chi connectivity index (χ4v) is 2.37. The van der Waals surface area contributed by atoms with Gasteiger partial charge in [-0.25, -0.2) is 9.97 Å². The number of rotatable bonds is 1. The number of aryl methyl sites for hydroxylation is 1. The molecule has 1 aromatic carbocycles. The Morgan fingerprint density at radius 1 is 1.22 bits per heavy atom. The van der Waals surface area contributed by atoms with Gasteiger partial charge in [-0.2, -0.15) is 0 Å². The van der Waals surface area contributed by atoms with Gasteiger partial charge in [0.05, 0.1) is 5.92 Å². The molecule has 1 atom stereocenters. The van der Waals surface area contributed by atoms with Gasteiger partial charge in [0.15, 0.2) is 0 Å². The van der Waals surface area contributed by atoms with Gasteiger partial charge in [-0.05, 0) is 19.9 Å². The van der Waals surface area contributed by atoms with Gasteiger partial charge in [0, 0.05) is 16.8 Å². The first kappa shape index (κ1) is 11.5. The van der Waals surface area contributed by atoms with Crippen LogP contribution in [-0.2, 0) is 0 Å². The highest BCUT2D eigenvalue weighted by Gasteiger charge is 2.28. The summed E-state index contributed by atoms with van der Waals surface area (Å²) in [6, 6.07) is 8.00. The van der Waals surface area contributed by atoms with Crippen molar-refractivity contribution in [1.29, 1.82) is 0 Å². The average molecular weight is 261 g/mol. The summed E-state index contributed by atoms with van der Waals surface area (Å²) in [5.41, 5.74) is 3.00. The Kier molecular flexibility index (Phi) is 2.71. The van der Waals surface area contributed by atoms with Gasteiger partial charge in [-0.3, -0.25) is 0 Å². The number of aromatic nitrogens is 2. The van der Waals surface area contributed by atoms with Crippen LogP contribution in [0.1, 0.15) is 28.6 Å². The summed E-state index contributed by atoms with van der Waals surface area (Å²) in [6.45, 7) is 4.47. The smallest absolute Gasteiger partial charge is 0.141 e. The number of hydrogen-bond donors (Lipinski definition) is 0. The second kappa shape index (κ2) is 4.25. The summed E-state index contributed by atoms with van der Waals surface area (Å²) in [6.07, 6.45) is 0. The summed E-state index contributed by atoms with van der Waals surface area (Å²) in [4.78, 5) is 8.93. The maximum absolute atomic E-state index is 6.13. The molecule has 0 saturated heterocycles. The molecular formula is C14H13ClN2O. The molecule has 0 bridgehead atoms. The molecule has 3 nitrogen and oxygen atoms in total. The number of para-hydroxylation sites is 1. The van der Waals surface area contributed by atoms with E-state index in [-0.39, 0.29) is 5.92 Å². The molecule has 0 saturated carbocycles. The van der Waals surface area contributed by atoms with Crippen LogP contribution in [-0.4, -0.2) is 16.6 Å². The van der Waals surface area contributed by atoms with E-state index < -0.39 is 0 Å². The molecule has 3 rings (SSSR count). The molecule has 18 heavy (non-hydrogen) atoms. The topological polar surface area (TPSA) is 35.0 Å².